The number of hydrogen-bond donors (Lipinski definition) is 0. The Kier molecular flexibility index (Phi) is 3.50. The van der Waals surface area contributed by atoms with E-state index >= 15 is 0 Å². The normalized spacial score (nSPS) is 11.4. The van der Waals surface area contributed by atoms with Gasteiger partial charge in [-0.05, 0) is 30.3 Å². The quantitative estimate of drug-likeness (QED) is 0.321. The summed E-state index contributed by atoms with van der Waals surface area (Å²) in [7, 11) is 0. The average molecular weight is 370 g/mol. The van der Waals surface area contributed by atoms with E-state index in [-0.39, 0.29) is 0 Å². The summed E-state index contributed by atoms with van der Waals surface area (Å²) in [4.78, 5) is 4.99. The van der Waals surface area contributed by atoms with Crippen LogP contribution in [0, 0.1) is 0 Å². The Bertz CT molecular complexity index is 1490. The van der Waals surface area contributed by atoms with Gasteiger partial charge in [-0.3, -0.25) is 0 Å². The van der Waals surface area contributed by atoms with Crippen molar-refractivity contribution in [3.8, 4) is 16.9 Å². The molecule has 0 saturated heterocycles. The van der Waals surface area contributed by atoms with Crippen molar-refractivity contribution in [1.82, 2.24) is 9.55 Å². The molecule has 0 saturated carbocycles. The van der Waals surface area contributed by atoms with Crippen LogP contribution in [0.15, 0.2) is 109 Å². The molecular weight excluding hydrogens is 352 g/mol. The van der Waals surface area contributed by atoms with Gasteiger partial charge in [0.05, 0.1) is 22.2 Å². The van der Waals surface area contributed by atoms with Crippen LogP contribution < -0.4 is 0 Å². The minimum atomic E-state index is 0.995. The Balaban J connectivity index is 1.76. The molecule has 0 N–H and O–H groups in total. The molecular formula is C27H18N2. The molecule has 0 amide bonds. The van der Waals surface area contributed by atoms with Gasteiger partial charge >= 0.3 is 0 Å². The molecule has 6 rings (SSSR count). The number of hydrogen-bond acceptors (Lipinski definition) is 1. The van der Waals surface area contributed by atoms with Gasteiger partial charge in [-0.1, -0.05) is 78.9 Å². The van der Waals surface area contributed by atoms with Gasteiger partial charge in [0.2, 0.25) is 0 Å². The predicted octanol–water partition coefficient (Wildman–Crippen LogP) is 7.00. The van der Waals surface area contributed by atoms with Crippen LogP contribution in [0.25, 0.3) is 49.7 Å². The van der Waals surface area contributed by atoms with E-state index in [0.29, 0.717) is 0 Å². The smallest absolute Gasteiger partial charge is 0.0731 e. The molecule has 6 aromatic rings. The highest BCUT2D eigenvalue weighted by Gasteiger charge is 2.16. The SMILES string of the molecule is c1ccc(-n2c3ccccc3c3cccc(-c4ccc5ccccc5n4)c32)cc1. The second kappa shape index (κ2) is 6.32. The van der Waals surface area contributed by atoms with Crippen LogP contribution in [0.5, 0.6) is 0 Å². The fourth-order valence-corrected chi connectivity index (χ4v) is 4.29. The highest BCUT2D eigenvalue weighted by atomic mass is 15.0. The third-order valence-electron chi connectivity index (χ3n) is 5.58. The molecule has 0 fully saturated rings. The van der Waals surface area contributed by atoms with Gasteiger partial charge in [-0.15, -0.1) is 0 Å². The lowest BCUT2D eigenvalue weighted by molar-refractivity contribution is 1.18. The molecule has 2 nitrogen and oxygen atoms in total. The molecule has 0 aliphatic carbocycles. The van der Waals surface area contributed by atoms with E-state index in [1.165, 1.54) is 21.8 Å². The summed E-state index contributed by atoms with van der Waals surface area (Å²) in [5, 5.41) is 3.66. The number of aromatic nitrogens is 2. The molecule has 2 heterocycles. The maximum Gasteiger partial charge on any atom is 0.0731 e. The number of rotatable bonds is 2. The number of para-hydroxylation sites is 4. The Hall–Kier alpha value is -3.91. The van der Waals surface area contributed by atoms with E-state index in [4.69, 9.17) is 4.98 Å². The van der Waals surface area contributed by atoms with Crippen LogP contribution in [-0.2, 0) is 0 Å². The fraction of sp³-hybridized carbons (Fsp3) is 0. The van der Waals surface area contributed by atoms with E-state index in [1.54, 1.807) is 0 Å². The van der Waals surface area contributed by atoms with Crippen molar-refractivity contribution >= 4 is 32.7 Å². The van der Waals surface area contributed by atoms with E-state index in [2.05, 4.69) is 108 Å². The third-order valence-corrected chi connectivity index (χ3v) is 5.58. The number of nitrogens with zero attached hydrogens (tertiary/aromatic N) is 2. The number of fused-ring (bicyclic) bond motifs is 4. The van der Waals surface area contributed by atoms with Crippen LogP contribution in [0.4, 0.5) is 0 Å². The monoisotopic (exact) mass is 370 g/mol. The zero-order chi connectivity index (χ0) is 19.2. The minimum Gasteiger partial charge on any atom is -0.309 e. The third kappa shape index (κ3) is 2.46. The summed E-state index contributed by atoms with van der Waals surface area (Å²) in [6, 6.07) is 38.3. The first kappa shape index (κ1) is 16.1. The lowest BCUT2D eigenvalue weighted by Gasteiger charge is -2.11. The van der Waals surface area contributed by atoms with Crippen molar-refractivity contribution in [3.05, 3.63) is 109 Å². The van der Waals surface area contributed by atoms with Crippen LogP contribution in [0.2, 0.25) is 0 Å². The lowest BCUT2D eigenvalue weighted by atomic mass is 10.0. The summed E-state index contributed by atoms with van der Waals surface area (Å²) in [5.41, 5.74) is 6.73. The van der Waals surface area contributed by atoms with E-state index in [0.717, 1.165) is 27.8 Å². The average Bonchev–Trinajstić information content (AvgIpc) is 3.14. The lowest BCUT2D eigenvalue weighted by Crippen LogP contribution is -1.96. The van der Waals surface area contributed by atoms with Gasteiger partial charge in [0.25, 0.3) is 0 Å². The Morgan fingerprint density at radius 1 is 0.552 bits per heavy atom. The molecule has 0 unspecified atom stereocenters. The van der Waals surface area contributed by atoms with Gasteiger partial charge in [0.1, 0.15) is 0 Å². The maximum atomic E-state index is 4.99. The Labute approximate surface area is 168 Å². The van der Waals surface area contributed by atoms with E-state index in [9.17, 15) is 0 Å². The molecule has 136 valence electrons. The summed E-state index contributed by atoms with van der Waals surface area (Å²) < 4.78 is 2.36. The van der Waals surface area contributed by atoms with E-state index < -0.39 is 0 Å². The predicted molar refractivity (Wildman–Crippen MR) is 122 cm³/mol. The highest BCUT2D eigenvalue weighted by molar-refractivity contribution is 6.13. The summed E-state index contributed by atoms with van der Waals surface area (Å²) in [5.74, 6) is 0. The molecule has 0 aliphatic heterocycles. The van der Waals surface area contributed by atoms with Crippen molar-refractivity contribution in [2.24, 2.45) is 0 Å². The first-order chi connectivity index (χ1) is 14.4. The molecule has 0 spiro atoms. The zero-order valence-electron chi connectivity index (χ0n) is 15.8. The van der Waals surface area contributed by atoms with Gasteiger partial charge in [-0.25, -0.2) is 4.98 Å². The second-order valence-corrected chi connectivity index (χ2v) is 7.28. The molecule has 4 aromatic carbocycles. The molecule has 2 heteroatoms. The molecule has 2 aromatic heterocycles. The largest absolute Gasteiger partial charge is 0.309 e. The summed E-state index contributed by atoms with van der Waals surface area (Å²) in [6.45, 7) is 0. The van der Waals surface area contributed by atoms with Crippen molar-refractivity contribution < 1.29 is 0 Å². The molecule has 0 bridgehead atoms. The standard InChI is InChI=1S/C27H18N2/c1-2-10-20(11-3-1)29-26-16-7-5-12-21(26)22-13-8-14-23(27(22)29)25-18-17-19-9-4-6-15-24(19)28-25/h1-18H. The number of benzene rings is 4. The van der Waals surface area contributed by atoms with Crippen molar-refractivity contribution in [3.63, 3.8) is 0 Å². The minimum absolute atomic E-state index is 0.995. The molecule has 0 atom stereocenters. The van der Waals surface area contributed by atoms with Gasteiger partial charge in [-0.2, -0.15) is 0 Å². The highest BCUT2D eigenvalue weighted by Crippen LogP contribution is 2.37. The van der Waals surface area contributed by atoms with E-state index in [1.807, 2.05) is 6.07 Å². The zero-order valence-corrected chi connectivity index (χ0v) is 15.8. The second-order valence-electron chi connectivity index (χ2n) is 7.28. The first-order valence-electron chi connectivity index (χ1n) is 9.84. The first-order valence-corrected chi connectivity index (χ1v) is 9.84. The van der Waals surface area contributed by atoms with Crippen LogP contribution in [0.1, 0.15) is 0 Å². The molecule has 0 aliphatic rings. The Morgan fingerprint density at radius 3 is 2.24 bits per heavy atom. The van der Waals surface area contributed by atoms with Crippen molar-refractivity contribution in [2.45, 2.75) is 0 Å². The van der Waals surface area contributed by atoms with Gasteiger partial charge < -0.3 is 4.57 Å². The Morgan fingerprint density at radius 2 is 1.31 bits per heavy atom. The number of pyridine rings is 1. The van der Waals surface area contributed by atoms with Crippen molar-refractivity contribution in [2.75, 3.05) is 0 Å². The summed E-state index contributed by atoms with van der Waals surface area (Å²) >= 11 is 0. The molecule has 0 radical (unpaired) electrons. The van der Waals surface area contributed by atoms with Crippen LogP contribution >= 0.6 is 0 Å². The summed E-state index contributed by atoms with van der Waals surface area (Å²) in [6.07, 6.45) is 0. The van der Waals surface area contributed by atoms with Gasteiger partial charge in [0.15, 0.2) is 0 Å². The van der Waals surface area contributed by atoms with Crippen molar-refractivity contribution in [1.29, 1.82) is 0 Å². The topological polar surface area (TPSA) is 17.8 Å². The van der Waals surface area contributed by atoms with Gasteiger partial charge in [0, 0.05) is 27.4 Å². The maximum absolute atomic E-state index is 4.99. The fourth-order valence-electron chi connectivity index (χ4n) is 4.29. The molecule has 29 heavy (non-hydrogen) atoms. The van der Waals surface area contributed by atoms with Crippen LogP contribution in [-0.4, -0.2) is 9.55 Å². The van der Waals surface area contributed by atoms with Crippen LogP contribution in [0.3, 0.4) is 0 Å².